The number of carbonyl (C=O) groups is 1. The van der Waals surface area contributed by atoms with Gasteiger partial charge >= 0.3 is 5.97 Å². The van der Waals surface area contributed by atoms with Crippen molar-refractivity contribution in [3.63, 3.8) is 0 Å². The van der Waals surface area contributed by atoms with Crippen molar-refractivity contribution in [1.29, 1.82) is 0 Å². The van der Waals surface area contributed by atoms with E-state index in [-0.39, 0.29) is 29.2 Å². The number of hydrogen-bond donors (Lipinski definition) is 6. The molecule has 172 valence electrons. The van der Waals surface area contributed by atoms with Crippen molar-refractivity contribution in [3.8, 4) is 0 Å². The van der Waals surface area contributed by atoms with Crippen LogP contribution in [0.15, 0.2) is 12.2 Å². The Balaban J connectivity index is 1.66. The van der Waals surface area contributed by atoms with Crippen molar-refractivity contribution in [2.75, 3.05) is 6.61 Å². The summed E-state index contributed by atoms with van der Waals surface area (Å²) < 4.78 is 10.4. The predicted molar refractivity (Wildman–Crippen MR) is 104 cm³/mol. The highest BCUT2D eigenvalue weighted by Crippen LogP contribution is 2.56. The van der Waals surface area contributed by atoms with E-state index in [2.05, 4.69) is 13.5 Å². The van der Waals surface area contributed by atoms with Crippen molar-refractivity contribution in [3.05, 3.63) is 12.2 Å². The van der Waals surface area contributed by atoms with Crippen LogP contribution < -0.4 is 0 Å². The molecule has 30 heavy (non-hydrogen) atoms. The van der Waals surface area contributed by atoms with E-state index in [1.165, 1.54) is 0 Å². The average Bonchev–Trinajstić information content (AvgIpc) is 2.66. The lowest BCUT2D eigenvalue weighted by atomic mass is 9.52. The normalized spacial score (nSPS) is 49.2. The maximum Gasteiger partial charge on any atom is 0.336 e. The molecule has 3 fully saturated rings. The number of ether oxygens (including phenoxy) is 2. The Labute approximate surface area is 175 Å². The van der Waals surface area contributed by atoms with E-state index in [0.717, 1.165) is 0 Å². The highest BCUT2D eigenvalue weighted by atomic mass is 16.7. The van der Waals surface area contributed by atoms with Gasteiger partial charge in [-0.15, -0.1) is 0 Å². The molecule has 9 nitrogen and oxygen atoms in total. The maximum atomic E-state index is 12.7. The molecule has 6 N–H and O–H groups in total. The van der Waals surface area contributed by atoms with Crippen LogP contribution in [0.4, 0.5) is 0 Å². The standard InChI is InChI=1S/C21H34O9/c1-10(18(27)30-19-17(26)16(25)15(24)13(9-22)29-19)11-4-5-20(2)7-12(23)8-21(3,28)14(20)6-11/h11-17,19,22-26,28H,1,4-9H2,2-3H3/t11-,12+,13-,14?,15-,16+,17-,19+,20+,21-/m1/s1. The van der Waals surface area contributed by atoms with Gasteiger partial charge in [0, 0.05) is 12.0 Å². The SMILES string of the molecule is C=C(C(=O)O[C@@H]1O[C@H](CO)[C@@H](O)[C@H](O)[C@H]1O)[C@@H]1CC[C@@]2(C)C[C@H](O)C[C@@](C)(O)C2C1. The van der Waals surface area contributed by atoms with Gasteiger partial charge in [-0.05, 0) is 49.9 Å². The molecule has 3 rings (SSSR count). The Morgan fingerprint density at radius 1 is 1.13 bits per heavy atom. The first-order chi connectivity index (χ1) is 13.9. The molecule has 1 heterocycles. The molecule has 0 amide bonds. The molecule has 0 aromatic rings. The third kappa shape index (κ3) is 4.29. The topological polar surface area (TPSA) is 157 Å². The molecule has 2 saturated carbocycles. The molecule has 2 aliphatic carbocycles. The molecular formula is C21H34O9. The molecule has 3 aliphatic rings. The fourth-order valence-electron chi connectivity index (χ4n) is 5.67. The fourth-order valence-corrected chi connectivity index (χ4v) is 5.67. The second kappa shape index (κ2) is 8.46. The molecule has 9 heteroatoms. The Kier molecular flexibility index (Phi) is 6.65. The summed E-state index contributed by atoms with van der Waals surface area (Å²) in [4.78, 5) is 12.7. The van der Waals surface area contributed by atoms with Crippen LogP contribution in [-0.4, -0.2) is 85.6 Å². The first kappa shape index (κ1) is 23.6. The molecule has 10 atom stereocenters. The molecule has 1 aliphatic heterocycles. The van der Waals surface area contributed by atoms with E-state index in [1.54, 1.807) is 6.92 Å². The molecular weight excluding hydrogens is 396 g/mol. The van der Waals surface area contributed by atoms with Crippen LogP contribution >= 0.6 is 0 Å². The molecule has 0 spiro atoms. The molecule has 0 radical (unpaired) electrons. The molecule has 0 bridgehead atoms. The van der Waals surface area contributed by atoms with E-state index in [0.29, 0.717) is 25.7 Å². The number of fused-ring (bicyclic) bond motifs is 1. The average molecular weight is 430 g/mol. The van der Waals surface area contributed by atoms with Crippen molar-refractivity contribution in [2.45, 2.75) is 88.4 Å². The van der Waals surface area contributed by atoms with Gasteiger partial charge in [0.25, 0.3) is 0 Å². The molecule has 1 saturated heterocycles. The van der Waals surface area contributed by atoms with Crippen molar-refractivity contribution < 1.29 is 44.9 Å². The van der Waals surface area contributed by atoms with Crippen LogP contribution in [0, 0.1) is 17.3 Å². The second-order valence-corrected chi connectivity index (χ2v) is 9.72. The third-order valence-corrected chi connectivity index (χ3v) is 7.35. The van der Waals surface area contributed by atoms with Gasteiger partial charge in [0.1, 0.15) is 24.4 Å². The highest BCUT2D eigenvalue weighted by molar-refractivity contribution is 5.88. The van der Waals surface area contributed by atoms with Crippen LogP contribution in [0.3, 0.4) is 0 Å². The Hall–Kier alpha value is -1.07. The smallest absolute Gasteiger partial charge is 0.336 e. The predicted octanol–water partition coefficient (Wildman–Crippen LogP) is -0.786. The van der Waals surface area contributed by atoms with E-state index in [9.17, 15) is 35.4 Å². The van der Waals surface area contributed by atoms with E-state index >= 15 is 0 Å². The lowest BCUT2D eigenvalue weighted by Gasteiger charge is -2.55. The minimum Gasteiger partial charge on any atom is -0.429 e. The Morgan fingerprint density at radius 3 is 2.43 bits per heavy atom. The Morgan fingerprint density at radius 2 is 1.80 bits per heavy atom. The number of hydrogen-bond acceptors (Lipinski definition) is 9. The molecule has 0 aromatic heterocycles. The third-order valence-electron chi connectivity index (χ3n) is 7.35. The highest BCUT2D eigenvalue weighted by Gasteiger charge is 2.54. The zero-order valence-electron chi connectivity index (χ0n) is 17.5. The maximum absolute atomic E-state index is 12.7. The van der Waals surface area contributed by atoms with E-state index in [1.807, 2.05) is 0 Å². The lowest BCUT2D eigenvalue weighted by molar-refractivity contribution is -0.291. The summed E-state index contributed by atoms with van der Waals surface area (Å²) in [5.74, 6) is -1.17. The monoisotopic (exact) mass is 430 g/mol. The van der Waals surface area contributed by atoms with Crippen molar-refractivity contribution in [2.24, 2.45) is 17.3 Å². The van der Waals surface area contributed by atoms with Crippen LogP contribution in [-0.2, 0) is 14.3 Å². The van der Waals surface area contributed by atoms with Crippen molar-refractivity contribution >= 4 is 5.97 Å². The quantitative estimate of drug-likeness (QED) is 0.248. The largest absolute Gasteiger partial charge is 0.429 e. The van der Waals surface area contributed by atoms with Gasteiger partial charge in [-0.1, -0.05) is 13.5 Å². The lowest BCUT2D eigenvalue weighted by Crippen LogP contribution is -2.59. The number of rotatable bonds is 4. The van der Waals surface area contributed by atoms with Gasteiger partial charge in [-0.3, -0.25) is 0 Å². The minimum absolute atomic E-state index is 0.121. The first-order valence-corrected chi connectivity index (χ1v) is 10.5. The molecule has 1 unspecified atom stereocenters. The summed E-state index contributed by atoms with van der Waals surface area (Å²) in [5.41, 5.74) is -1.12. The summed E-state index contributed by atoms with van der Waals surface area (Å²) in [5, 5.41) is 60.1. The van der Waals surface area contributed by atoms with Crippen molar-refractivity contribution in [1.82, 2.24) is 0 Å². The summed E-state index contributed by atoms with van der Waals surface area (Å²) in [7, 11) is 0. The van der Waals surface area contributed by atoms with Crippen LogP contribution in [0.2, 0.25) is 0 Å². The first-order valence-electron chi connectivity index (χ1n) is 10.5. The number of esters is 1. The van der Waals surface area contributed by atoms with Gasteiger partial charge in [0.15, 0.2) is 0 Å². The number of carbonyl (C=O) groups excluding carboxylic acids is 1. The zero-order chi connectivity index (χ0) is 22.4. The summed E-state index contributed by atoms with van der Waals surface area (Å²) >= 11 is 0. The van der Waals surface area contributed by atoms with Crippen LogP contribution in [0.1, 0.15) is 46.0 Å². The number of aliphatic hydroxyl groups excluding tert-OH is 5. The van der Waals surface area contributed by atoms with Gasteiger partial charge < -0.3 is 40.1 Å². The number of aliphatic hydroxyl groups is 6. The minimum atomic E-state index is -1.67. The van der Waals surface area contributed by atoms with Gasteiger partial charge in [0.2, 0.25) is 6.29 Å². The van der Waals surface area contributed by atoms with Gasteiger partial charge in [0.05, 0.1) is 18.3 Å². The van der Waals surface area contributed by atoms with Crippen LogP contribution in [0.25, 0.3) is 0 Å². The summed E-state index contributed by atoms with van der Waals surface area (Å²) in [6.45, 7) is 7.01. The summed E-state index contributed by atoms with van der Waals surface area (Å²) in [6.07, 6.45) is -5.39. The zero-order valence-corrected chi connectivity index (χ0v) is 17.5. The van der Waals surface area contributed by atoms with E-state index < -0.39 is 55.0 Å². The Bertz CT molecular complexity index is 663. The van der Waals surface area contributed by atoms with E-state index in [4.69, 9.17) is 9.47 Å². The molecule has 0 aromatic carbocycles. The van der Waals surface area contributed by atoms with Gasteiger partial charge in [-0.2, -0.15) is 0 Å². The van der Waals surface area contributed by atoms with Crippen LogP contribution in [0.5, 0.6) is 0 Å². The second-order valence-electron chi connectivity index (χ2n) is 9.72. The van der Waals surface area contributed by atoms with Gasteiger partial charge in [-0.25, -0.2) is 4.79 Å². The fraction of sp³-hybridized carbons (Fsp3) is 0.857. The summed E-state index contributed by atoms with van der Waals surface area (Å²) in [6, 6.07) is 0.